The summed E-state index contributed by atoms with van der Waals surface area (Å²) in [5, 5.41) is 18.2. The molecule has 1 aromatic carbocycles. The lowest BCUT2D eigenvalue weighted by atomic mass is 9.80. The molecule has 2 aromatic rings. The zero-order valence-corrected chi connectivity index (χ0v) is 12.0. The van der Waals surface area contributed by atoms with E-state index in [4.69, 9.17) is 14.8 Å². The van der Waals surface area contributed by atoms with Gasteiger partial charge in [0.2, 0.25) is 0 Å². The zero-order chi connectivity index (χ0) is 15.4. The first-order valence-corrected chi connectivity index (χ1v) is 6.61. The normalized spacial score (nSPS) is 10.5. The monoisotopic (exact) mass is 288 g/mol. The van der Waals surface area contributed by atoms with Crippen LogP contribution in [0.3, 0.4) is 0 Å². The summed E-state index contributed by atoms with van der Waals surface area (Å²) in [7, 11) is -1.53. The van der Waals surface area contributed by atoms with Crippen LogP contribution < -0.4 is 15.9 Å². The van der Waals surface area contributed by atoms with Crippen molar-refractivity contribution < 1.29 is 14.8 Å². The molecule has 21 heavy (non-hydrogen) atoms. The summed E-state index contributed by atoms with van der Waals surface area (Å²) in [6.07, 6.45) is 0. The van der Waals surface area contributed by atoms with E-state index in [1.54, 1.807) is 31.2 Å². The summed E-state index contributed by atoms with van der Waals surface area (Å²) < 4.78 is 7.07. The van der Waals surface area contributed by atoms with Gasteiger partial charge in [0.15, 0.2) is 0 Å². The van der Waals surface area contributed by atoms with Gasteiger partial charge in [-0.1, -0.05) is 12.1 Å². The molecular formula is C14H17BN2O4. The summed E-state index contributed by atoms with van der Waals surface area (Å²) in [6.45, 7) is 4.29. The standard InChI is InChI=1S/C14H17BN2O4/c1-10-8-11(2)17(14(18)16-10)6-7-21-13-5-3-4-12(9-13)15(19)20/h3-5,8-9,19-20H,6-7H2,1-2H3. The van der Waals surface area contributed by atoms with Gasteiger partial charge in [0.25, 0.3) is 0 Å². The van der Waals surface area contributed by atoms with Crippen LogP contribution in [0, 0.1) is 13.8 Å². The highest BCUT2D eigenvalue weighted by atomic mass is 16.5. The van der Waals surface area contributed by atoms with Gasteiger partial charge in [-0.3, -0.25) is 4.57 Å². The van der Waals surface area contributed by atoms with Crippen LogP contribution in [0.2, 0.25) is 0 Å². The lowest BCUT2D eigenvalue weighted by Crippen LogP contribution is -2.30. The van der Waals surface area contributed by atoms with Crippen LogP contribution in [0.15, 0.2) is 35.1 Å². The second-order valence-corrected chi connectivity index (χ2v) is 4.77. The Bertz CT molecular complexity index is 685. The molecular weight excluding hydrogens is 271 g/mol. The number of aryl methyl sites for hydroxylation is 2. The Labute approximate surface area is 122 Å². The first-order valence-electron chi connectivity index (χ1n) is 6.61. The molecule has 0 radical (unpaired) electrons. The van der Waals surface area contributed by atoms with Gasteiger partial charge in [0, 0.05) is 11.4 Å². The van der Waals surface area contributed by atoms with Gasteiger partial charge in [0.1, 0.15) is 12.4 Å². The molecule has 7 heteroatoms. The van der Waals surface area contributed by atoms with E-state index in [0.717, 1.165) is 5.69 Å². The molecule has 0 unspecified atom stereocenters. The van der Waals surface area contributed by atoms with E-state index in [1.165, 1.54) is 4.57 Å². The van der Waals surface area contributed by atoms with Crippen LogP contribution in [0.5, 0.6) is 5.75 Å². The van der Waals surface area contributed by atoms with Gasteiger partial charge in [-0.2, -0.15) is 4.98 Å². The van der Waals surface area contributed by atoms with E-state index in [-0.39, 0.29) is 12.3 Å². The summed E-state index contributed by atoms with van der Waals surface area (Å²) in [5.74, 6) is 0.520. The maximum absolute atomic E-state index is 11.8. The summed E-state index contributed by atoms with van der Waals surface area (Å²) in [5.41, 5.74) is 1.59. The molecule has 0 saturated heterocycles. The van der Waals surface area contributed by atoms with Gasteiger partial charge in [-0.15, -0.1) is 0 Å². The summed E-state index contributed by atoms with van der Waals surface area (Å²) >= 11 is 0. The lowest BCUT2D eigenvalue weighted by molar-refractivity contribution is 0.294. The highest BCUT2D eigenvalue weighted by molar-refractivity contribution is 6.58. The third-order valence-electron chi connectivity index (χ3n) is 3.09. The minimum atomic E-state index is -1.53. The average Bonchev–Trinajstić information content (AvgIpc) is 2.42. The fourth-order valence-electron chi connectivity index (χ4n) is 2.07. The van der Waals surface area contributed by atoms with Crippen molar-refractivity contribution in [1.29, 1.82) is 0 Å². The highest BCUT2D eigenvalue weighted by Crippen LogP contribution is 2.07. The Balaban J connectivity index is 2.02. The predicted octanol–water partition coefficient (Wildman–Crippen LogP) is -0.381. The molecule has 2 N–H and O–H groups in total. The van der Waals surface area contributed by atoms with Gasteiger partial charge in [-0.05, 0) is 37.5 Å². The third-order valence-corrected chi connectivity index (χ3v) is 3.09. The molecule has 0 aliphatic heterocycles. The Hall–Kier alpha value is -2.12. The summed E-state index contributed by atoms with van der Waals surface area (Å²) in [4.78, 5) is 15.7. The van der Waals surface area contributed by atoms with E-state index in [1.807, 2.05) is 13.0 Å². The molecule has 2 rings (SSSR count). The maximum atomic E-state index is 11.8. The molecule has 0 aliphatic rings. The molecule has 0 amide bonds. The van der Waals surface area contributed by atoms with E-state index < -0.39 is 7.12 Å². The minimum Gasteiger partial charge on any atom is -0.492 e. The van der Waals surface area contributed by atoms with E-state index in [0.29, 0.717) is 23.5 Å². The SMILES string of the molecule is Cc1cc(C)n(CCOc2cccc(B(O)O)c2)c(=O)n1. The number of rotatable bonds is 5. The van der Waals surface area contributed by atoms with Crippen LogP contribution in [0.25, 0.3) is 0 Å². The van der Waals surface area contributed by atoms with Crippen molar-refractivity contribution in [2.45, 2.75) is 20.4 Å². The second-order valence-electron chi connectivity index (χ2n) is 4.77. The van der Waals surface area contributed by atoms with Gasteiger partial charge >= 0.3 is 12.8 Å². The Kier molecular flexibility index (Phi) is 4.77. The van der Waals surface area contributed by atoms with Gasteiger partial charge in [0.05, 0.1) is 6.54 Å². The number of hydrogen-bond acceptors (Lipinski definition) is 5. The molecule has 0 atom stereocenters. The Morgan fingerprint density at radius 3 is 2.71 bits per heavy atom. The Morgan fingerprint density at radius 2 is 2.05 bits per heavy atom. The fourth-order valence-corrected chi connectivity index (χ4v) is 2.07. The van der Waals surface area contributed by atoms with E-state index >= 15 is 0 Å². The molecule has 0 bridgehead atoms. The van der Waals surface area contributed by atoms with Crippen LogP contribution in [0.1, 0.15) is 11.4 Å². The number of aromatic nitrogens is 2. The van der Waals surface area contributed by atoms with E-state index in [2.05, 4.69) is 4.98 Å². The first kappa shape index (κ1) is 15.3. The van der Waals surface area contributed by atoms with Gasteiger partial charge in [-0.25, -0.2) is 4.79 Å². The number of ether oxygens (including phenoxy) is 1. The van der Waals surface area contributed by atoms with Crippen molar-refractivity contribution in [1.82, 2.24) is 9.55 Å². The van der Waals surface area contributed by atoms with Crippen LogP contribution in [-0.2, 0) is 6.54 Å². The second kappa shape index (κ2) is 6.56. The molecule has 110 valence electrons. The molecule has 0 aliphatic carbocycles. The van der Waals surface area contributed by atoms with Crippen LogP contribution >= 0.6 is 0 Å². The summed E-state index contributed by atoms with van der Waals surface area (Å²) in [6, 6.07) is 8.37. The molecule has 6 nitrogen and oxygen atoms in total. The van der Waals surface area contributed by atoms with Crippen molar-refractivity contribution in [3.05, 3.63) is 52.2 Å². The number of nitrogens with zero attached hydrogens (tertiary/aromatic N) is 2. The van der Waals surface area contributed by atoms with Crippen LogP contribution in [0.4, 0.5) is 0 Å². The quantitative estimate of drug-likeness (QED) is 0.733. The first-order chi connectivity index (χ1) is 9.97. The minimum absolute atomic E-state index is 0.288. The molecule has 0 spiro atoms. The van der Waals surface area contributed by atoms with Crippen LogP contribution in [-0.4, -0.2) is 33.3 Å². The smallest absolute Gasteiger partial charge is 0.488 e. The maximum Gasteiger partial charge on any atom is 0.488 e. The van der Waals surface area contributed by atoms with Crippen molar-refractivity contribution in [2.75, 3.05) is 6.61 Å². The molecule has 0 fully saturated rings. The van der Waals surface area contributed by atoms with Crippen molar-refractivity contribution in [3.63, 3.8) is 0 Å². The van der Waals surface area contributed by atoms with Crippen molar-refractivity contribution in [3.8, 4) is 5.75 Å². The lowest BCUT2D eigenvalue weighted by Gasteiger charge is -2.11. The molecule has 1 heterocycles. The van der Waals surface area contributed by atoms with Crippen molar-refractivity contribution >= 4 is 12.6 Å². The molecule has 1 aromatic heterocycles. The average molecular weight is 288 g/mol. The van der Waals surface area contributed by atoms with Crippen molar-refractivity contribution in [2.24, 2.45) is 0 Å². The zero-order valence-electron chi connectivity index (χ0n) is 12.0. The predicted molar refractivity (Wildman–Crippen MR) is 79.7 cm³/mol. The molecule has 0 saturated carbocycles. The third kappa shape index (κ3) is 3.93. The topological polar surface area (TPSA) is 84.6 Å². The van der Waals surface area contributed by atoms with Gasteiger partial charge < -0.3 is 14.8 Å². The number of hydrogen-bond donors (Lipinski definition) is 2. The highest BCUT2D eigenvalue weighted by Gasteiger charge is 2.11. The Morgan fingerprint density at radius 1 is 1.29 bits per heavy atom. The van der Waals surface area contributed by atoms with E-state index in [9.17, 15) is 4.79 Å². The largest absolute Gasteiger partial charge is 0.492 e. The fraction of sp³-hybridized carbons (Fsp3) is 0.286. The number of benzene rings is 1.